The van der Waals surface area contributed by atoms with Gasteiger partial charge in [0.1, 0.15) is 0 Å². The number of rotatable bonds is 1. The van der Waals surface area contributed by atoms with Crippen LogP contribution in [-0.4, -0.2) is 11.6 Å². The molecule has 0 saturated heterocycles. The van der Waals surface area contributed by atoms with E-state index >= 15 is 0 Å². The van der Waals surface area contributed by atoms with Gasteiger partial charge in [-0.05, 0) is 0 Å². The van der Waals surface area contributed by atoms with E-state index in [4.69, 9.17) is 9.90 Å². The fourth-order valence-electron chi connectivity index (χ4n) is 0. The van der Waals surface area contributed by atoms with Crippen molar-refractivity contribution in [3.8, 4) is 0 Å². The zero-order chi connectivity index (χ0) is 6.12. The molecular formula is C5H12O2. The third kappa shape index (κ3) is 298. The van der Waals surface area contributed by atoms with Crippen molar-refractivity contribution < 1.29 is 9.90 Å². The summed E-state index contributed by atoms with van der Waals surface area (Å²) in [6.07, 6.45) is 2.64. The van der Waals surface area contributed by atoms with E-state index < -0.39 is 0 Å². The fraction of sp³-hybridized carbons (Fsp3) is 0.800. The van der Waals surface area contributed by atoms with Gasteiger partial charge in [-0.1, -0.05) is 26.7 Å². The molecule has 0 amide bonds. The molecule has 0 atom stereocenters. The first-order valence-electron chi connectivity index (χ1n) is 2.41. The predicted molar refractivity (Wildman–Crippen MR) is 29.3 cm³/mol. The average Bonchev–Trinajstić information content (AvgIpc) is 1.69. The largest absolute Gasteiger partial charge is 0.483 e. The van der Waals surface area contributed by atoms with Crippen molar-refractivity contribution in [1.82, 2.24) is 0 Å². The van der Waals surface area contributed by atoms with Crippen molar-refractivity contribution >= 4 is 6.47 Å². The minimum Gasteiger partial charge on any atom is -0.483 e. The highest BCUT2D eigenvalue weighted by atomic mass is 16.3. The first-order chi connectivity index (χ1) is 3.33. The Kier molecular flexibility index (Phi) is 24.8. The van der Waals surface area contributed by atoms with Crippen molar-refractivity contribution in [3.05, 3.63) is 0 Å². The highest BCUT2D eigenvalue weighted by molar-refractivity contribution is 5.32. The van der Waals surface area contributed by atoms with Gasteiger partial charge in [0.2, 0.25) is 0 Å². The fourth-order valence-corrected chi connectivity index (χ4v) is 0. The van der Waals surface area contributed by atoms with E-state index in [1.54, 1.807) is 0 Å². The lowest BCUT2D eigenvalue weighted by Gasteiger charge is -1.68. The normalized spacial score (nSPS) is 6.00. The van der Waals surface area contributed by atoms with Crippen LogP contribution in [-0.2, 0) is 4.79 Å². The van der Waals surface area contributed by atoms with Crippen LogP contribution in [0.4, 0.5) is 0 Å². The molecular weight excluding hydrogens is 92.1 g/mol. The van der Waals surface area contributed by atoms with Gasteiger partial charge < -0.3 is 5.11 Å². The third-order valence-corrected chi connectivity index (χ3v) is 0.500. The van der Waals surface area contributed by atoms with Gasteiger partial charge in [0.25, 0.3) is 6.47 Å². The maximum Gasteiger partial charge on any atom is 0.290 e. The van der Waals surface area contributed by atoms with Gasteiger partial charge in [-0.3, -0.25) is 4.79 Å². The van der Waals surface area contributed by atoms with Gasteiger partial charge in [0.15, 0.2) is 0 Å². The molecule has 44 valence electrons. The van der Waals surface area contributed by atoms with Gasteiger partial charge in [0, 0.05) is 0 Å². The van der Waals surface area contributed by atoms with Crippen LogP contribution in [0.2, 0.25) is 0 Å². The SMILES string of the molecule is CCCC.O=CO. The van der Waals surface area contributed by atoms with Crippen molar-refractivity contribution in [2.24, 2.45) is 0 Å². The minimum absolute atomic E-state index is 0.250. The Balaban J connectivity index is 0. The maximum absolute atomic E-state index is 8.36. The molecule has 0 radical (unpaired) electrons. The van der Waals surface area contributed by atoms with Gasteiger partial charge in [-0.25, -0.2) is 0 Å². The van der Waals surface area contributed by atoms with E-state index in [0.29, 0.717) is 0 Å². The number of carboxylic acid groups (broad SMARTS) is 1. The number of carbonyl (C=O) groups is 1. The van der Waals surface area contributed by atoms with Crippen LogP contribution in [0.1, 0.15) is 26.7 Å². The lowest BCUT2D eigenvalue weighted by Crippen LogP contribution is -1.49. The Labute approximate surface area is 44.2 Å². The second kappa shape index (κ2) is 17.9. The molecule has 7 heavy (non-hydrogen) atoms. The molecule has 0 fully saturated rings. The molecule has 2 nitrogen and oxygen atoms in total. The highest BCUT2D eigenvalue weighted by Gasteiger charge is 1.56. The molecule has 0 aliphatic rings. The van der Waals surface area contributed by atoms with Crippen LogP contribution in [0.3, 0.4) is 0 Å². The van der Waals surface area contributed by atoms with E-state index in [2.05, 4.69) is 13.8 Å². The molecule has 0 aromatic heterocycles. The van der Waals surface area contributed by atoms with Crippen LogP contribution in [0.5, 0.6) is 0 Å². The Morgan fingerprint density at radius 1 is 1.43 bits per heavy atom. The summed E-state index contributed by atoms with van der Waals surface area (Å²) in [5.41, 5.74) is 0. The summed E-state index contributed by atoms with van der Waals surface area (Å²) in [4.78, 5) is 8.36. The van der Waals surface area contributed by atoms with Crippen molar-refractivity contribution in [2.45, 2.75) is 26.7 Å². The first kappa shape index (κ1) is 9.69. The molecule has 0 bridgehead atoms. The molecule has 0 aromatic rings. The summed E-state index contributed by atoms with van der Waals surface area (Å²) in [6.45, 7) is 4.11. The minimum atomic E-state index is -0.250. The Bertz CT molecular complexity index is 25.3. The standard InChI is InChI=1S/C4H10.CH2O2/c1-3-4-2;2-1-3/h3-4H2,1-2H3;1H,(H,2,3). The molecule has 0 aromatic carbocycles. The second-order valence-electron chi connectivity index (χ2n) is 1.11. The number of hydrogen-bond acceptors (Lipinski definition) is 1. The Morgan fingerprint density at radius 3 is 1.57 bits per heavy atom. The molecule has 0 heterocycles. The molecule has 0 spiro atoms. The zero-order valence-electron chi connectivity index (χ0n) is 4.85. The smallest absolute Gasteiger partial charge is 0.290 e. The topological polar surface area (TPSA) is 37.3 Å². The quantitative estimate of drug-likeness (QED) is 0.512. The van der Waals surface area contributed by atoms with Gasteiger partial charge >= 0.3 is 0 Å². The predicted octanol–water partition coefficient (Wildman–Crippen LogP) is 1.51. The van der Waals surface area contributed by atoms with E-state index in [1.165, 1.54) is 12.8 Å². The molecule has 0 saturated carbocycles. The van der Waals surface area contributed by atoms with Crippen LogP contribution in [0, 0.1) is 0 Å². The monoisotopic (exact) mass is 104 g/mol. The summed E-state index contributed by atoms with van der Waals surface area (Å²) in [5, 5.41) is 6.89. The van der Waals surface area contributed by atoms with Gasteiger partial charge in [-0.2, -0.15) is 0 Å². The Morgan fingerprint density at radius 2 is 1.57 bits per heavy atom. The average molecular weight is 104 g/mol. The first-order valence-corrected chi connectivity index (χ1v) is 2.41. The number of hydrogen-bond donors (Lipinski definition) is 1. The molecule has 0 aliphatic carbocycles. The van der Waals surface area contributed by atoms with E-state index in [9.17, 15) is 0 Å². The number of unbranched alkanes of at least 4 members (excludes halogenated alkanes) is 1. The van der Waals surface area contributed by atoms with Gasteiger partial charge in [0.05, 0.1) is 0 Å². The van der Waals surface area contributed by atoms with Crippen LogP contribution < -0.4 is 0 Å². The zero-order valence-corrected chi connectivity index (χ0v) is 4.85. The molecule has 0 aliphatic heterocycles. The van der Waals surface area contributed by atoms with Crippen molar-refractivity contribution in [1.29, 1.82) is 0 Å². The lowest BCUT2D eigenvalue weighted by atomic mass is 10.4. The molecule has 2 heteroatoms. The summed E-state index contributed by atoms with van der Waals surface area (Å²) in [5.74, 6) is 0. The van der Waals surface area contributed by atoms with E-state index in [1.807, 2.05) is 0 Å². The second-order valence-corrected chi connectivity index (χ2v) is 1.11. The summed E-state index contributed by atoms with van der Waals surface area (Å²) < 4.78 is 0. The summed E-state index contributed by atoms with van der Waals surface area (Å²) in [6, 6.07) is 0. The van der Waals surface area contributed by atoms with Crippen molar-refractivity contribution in [3.63, 3.8) is 0 Å². The molecule has 0 unspecified atom stereocenters. The maximum atomic E-state index is 8.36. The third-order valence-electron chi connectivity index (χ3n) is 0.500. The lowest BCUT2D eigenvalue weighted by molar-refractivity contribution is -0.122. The van der Waals surface area contributed by atoms with Crippen LogP contribution in [0.25, 0.3) is 0 Å². The van der Waals surface area contributed by atoms with E-state index in [0.717, 1.165) is 0 Å². The van der Waals surface area contributed by atoms with Gasteiger partial charge in [-0.15, -0.1) is 0 Å². The molecule has 0 rings (SSSR count). The Hall–Kier alpha value is -0.530. The highest BCUT2D eigenvalue weighted by Crippen LogP contribution is 1.76. The van der Waals surface area contributed by atoms with Crippen LogP contribution in [0.15, 0.2) is 0 Å². The van der Waals surface area contributed by atoms with E-state index in [-0.39, 0.29) is 6.47 Å². The summed E-state index contributed by atoms with van der Waals surface area (Å²) in [7, 11) is 0. The summed E-state index contributed by atoms with van der Waals surface area (Å²) >= 11 is 0. The molecule has 1 N–H and O–H groups in total. The van der Waals surface area contributed by atoms with Crippen LogP contribution >= 0.6 is 0 Å². The van der Waals surface area contributed by atoms with Crippen molar-refractivity contribution in [2.75, 3.05) is 0 Å².